The molecule has 6 nitrogen and oxygen atoms in total. The van der Waals surface area contributed by atoms with E-state index in [1.54, 1.807) is 6.20 Å². The van der Waals surface area contributed by atoms with Crippen LogP contribution in [-0.2, 0) is 4.79 Å². The van der Waals surface area contributed by atoms with E-state index in [1.165, 1.54) is 0 Å². The van der Waals surface area contributed by atoms with Crippen molar-refractivity contribution < 1.29 is 4.79 Å². The lowest BCUT2D eigenvalue weighted by Gasteiger charge is -2.42. The fraction of sp³-hybridized carbons (Fsp3) is 0.706. The van der Waals surface area contributed by atoms with Crippen molar-refractivity contribution in [3.05, 3.63) is 18.3 Å². The van der Waals surface area contributed by atoms with Crippen molar-refractivity contribution >= 4 is 11.7 Å². The molecule has 23 heavy (non-hydrogen) atoms. The van der Waals surface area contributed by atoms with Gasteiger partial charge in [0.05, 0.1) is 5.41 Å². The van der Waals surface area contributed by atoms with E-state index in [-0.39, 0.29) is 11.9 Å². The normalized spacial score (nSPS) is 18.8. The highest BCUT2D eigenvalue weighted by molar-refractivity contribution is 5.83. The number of aromatic nitrogens is 2. The number of hydrogen-bond donors (Lipinski definition) is 1. The van der Waals surface area contributed by atoms with Gasteiger partial charge < -0.3 is 15.5 Å². The Bertz CT molecular complexity index is 495. The zero-order valence-corrected chi connectivity index (χ0v) is 14.5. The van der Waals surface area contributed by atoms with E-state index in [9.17, 15) is 4.79 Å². The van der Waals surface area contributed by atoms with Crippen LogP contribution in [0.5, 0.6) is 0 Å². The van der Waals surface area contributed by atoms with Crippen LogP contribution in [0.3, 0.4) is 0 Å². The van der Waals surface area contributed by atoms with E-state index < -0.39 is 5.41 Å². The Hall–Kier alpha value is -1.69. The van der Waals surface area contributed by atoms with Gasteiger partial charge in [-0.15, -0.1) is 5.10 Å². The van der Waals surface area contributed by atoms with Crippen molar-refractivity contribution in [3.8, 4) is 0 Å². The van der Waals surface area contributed by atoms with E-state index in [1.807, 2.05) is 24.1 Å². The fourth-order valence-electron chi connectivity index (χ4n) is 3.41. The number of amides is 1. The molecule has 1 fully saturated rings. The first-order valence-electron chi connectivity index (χ1n) is 8.58. The second-order valence-electron chi connectivity index (χ2n) is 6.43. The van der Waals surface area contributed by atoms with Crippen LogP contribution in [0.1, 0.15) is 39.5 Å². The van der Waals surface area contributed by atoms with Crippen molar-refractivity contribution in [3.63, 3.8) is 0 Å². The molecule has 0 spiro atoms. The van der Waals surface area contributed by atoms with Gasteiger partial charge in [-0.25, -0.2) is 0 Å². The summed E-state index contributed by atoms with van der Waals surface area (Å²) in [6.45, 7) is 6.27. The minimum absolute atomic E-state index is 0.177. The highest BCUT2D eigenvalue weighted by Gasteiger charge is 2.38. The number of nitrogens with zero attached hydrogens (tertiary/aromatic N) is 4. The molecule has 2 rings (SSSR count). The lowest BCUT2D eigenvalue weighted by molar-refractivity contribution is -0.143. The molecule has 2 heterocycles. The molecule has 1 atom stereocenters. The molecule has 1 aliphatic rings. The molecule has 2 N–H and O–H groups in total. The molecule has 128 valence electrons. The number of rotatable bonds is 6. The maximum absolute atomic E-state index is 13.0. The Labute approximate surface area is 139 Å². The smallest absolute Gasteiger partial charge is 0.230 e. The van der Waals surface area contributed by atoms with Gasteiger partial charge in [0.2, 0.25) is 5.91 Å². The van der Waals surface area contributed by atoms with E-state index in [0.29, 0.717) is 6.54 Å². The molecule has 1 aliphatic heterocycles. The highest BCUT2D eigenvalue weighted by atomic mass is 16.2. The van der Waals surface area contributed by atoms with Gasteiger partial charge in [-0.2, -0.15) is 5.10 Å². The Balaban J connectivity index is 2.10. The molecule has 0 radical (unpaired) electrons. The van der Waals surface area contributed by atoms with Gasteiger partial charge in [-0.05, 0) is 37.8 Å². The van der Waals surface area contributed by atoms with Gasteiger partial charge in [-0.1, -0.05) is 13.8 Å². The van der Waals surface area contributed by atoms with Gasteiger partial charge in [0.25, 0.3) is 0 Å². The van der Waals surface area contributed by atoms with Gasteiger partial charge >= 0.3 is 0 Å². The highest BCUT2D eigenvalue weighted by Crippen LogP contribution is 2.30. The Kier molecular flexibility index (Phi) is 5.93. The average Bonchev–Trinajstić information content (AvgIpc) is 2.63. The van der Waals surface area contributed by atoms with E-state index in [2.05, 4.69) is 28.9 Å². The van der Waals surface area contributed by atoms with E-state index >= 15 is 0 Å². The summed E-state index contributed by atoms with van der Waals surface area (Å²) in [5, 5.41) is 8.15. The lowest BCUT2D eigenvalue weighted by Crippen LogP contribution is -2.54. The predicted molar refractivity (Wildman–Crippen MR) is 92.1 cm³/mol. The number of likely N-dealkylation sites (N-methyl/N-ethyl adjacent to an activating group) is 1. The number of anilines is 1. The molecular formula is C17H29N5O. The maximum atomic E-state index is 13.0. The Morgan fingerprint density at radius 1 is 1.48 bits per heavy atom. The summed E-state index contributed by atoms with van der Waals surface area (Å²) in [5.41, 5.74) is 5.51. The summed E-state index contributed by atoms with van der Waals surface area (Å²) in [5.74, 6) is 1.06. The number of piperidine rings is 1. The van der Waals surface area contributed by atoms with Gasteiger partial charge in [0, 0.05) is 38.9 Å². The SMILES string of the molecule is CCC(CC)(CN)C(=O)N(C)C1CCCN(c2cccnn2)C1. The number of carbonyl (C=O) groups excluding carboxylic acids is 1. The molecule has 6 heteroatoms. The molecule has 1 aromatic heterocycles. The van der Waals surface area contributed by atoms with E-state index in [4.69, 9.17) is 5.73 Å². The van der Waals surface area contributed by atoms with Crippen LogP contribution in [0, 0.1) is 5.41 Å². The molecular weight excluding hydrogens is 290 g/mol. The zero-order valence-electron chi connectivity index (χ0n) is 14.5. The van der Waals surface area contributed by atoms with Crippen LogP contribution in [0.4, 0.5) is 5.82 Å². The van der Waals surface area contributed by atoms with Gasteiger partial charge in [0.15, 0.2) is 5.82 Å². The number of hydrogen-bond acceptors (Lipinski definition) is 5. The molecule has 0 aromatic carbocycles. The van der Waals surface area contributed by atoms with Crippen LogP contribution < -0.4 is 10.6 Å². The Morgan fingerprint density at radius 3 is 2.78 bits per heavy atom. The second kappa shape index (κ2) is 7.73. The second-order valence-corrected chi connectivity index (χ2v) is 6.43. The van der Waals surface area contributed by atoms with Crippen molar-refractivity contribution in [2.75, 3.05) is 31.6 Å². The minimum atomic E-state index is -0.427. The van der Waals surface area contributed by atoms with Crippen LogP contribution >= 0.6 is 0 Å². The molecule has 0 saturated carbocycles. The van der Waals surface area contributed by atoms with Crippen LogP contribution in [0.2, 0.25) is 0 Å². The Morgan fingerprint density at radius 2 is 2.22 bits per heavy atom. The third-order valence-electron chi connectivity index (χ3n) is 5.34. The van der Waals surface area contributed by atoms with Crippen LogP contribution in [0.25, 0.3) is 0 Å². The summed E-state index contributed by atoms with van der Waals surface area (Å²) in [4.78, 5) is 17.1. The first-order chi connectivity index (χ1) is 11.1. The number of carbonyl (C=O) groups is 1. The molecule has 1 aromatic rings. The van der Waals surface area contributed by atoms with Gasteiger partial charge in [0.1, 0.15) is 0 Å². The number of nitrogens with two attached hydrogens (primary N) is 1. The average molecular weight is 319 g/mol. The summed E-state index contributed by atoms with van der Waals surface area (Å²) >= 11 is 0. The quantitative estimate of drug-likeness (QED) is 0.863. The molecule has 0 aliphatic carbocycles. The predicted octanol–water partition coefficient (Wildman–Crippen LogP) is 1.67. The molecule has 1 saturated heterocycles. The fourth-order valence-corrected chi connectivity index (χ4v) is 3.41. The largest absolute Gasteiger partial charge is 0.353 e. The van der Waals surface area contributed by atoms with Crippen molar-refractivity contribution in [2.24, 2.45) is 11.1 Å². The monoisotopic (exact) mass is 319 g/mol. The van der Waals surface area contributed by atoms with Gasteiger partial charge in [-0.3, -0.25) is 4.79 Å². The maximum Gasteiger partial charge on any atom is 0.230 e. The van der Waals surface area contributed by atoms with Crippen LogP contribution in [-0.4, -0.2) is 53.7 Å². The van der Waals surface area contributed by atoms with Crippen LogP contribution in [0.15, 0.2) is 18.3 Å². The van der Waals surface area contributed by atoms with E-state index in [0.717, 1.165) is 44.6 Å². The zero-order chi connectivity index (χ0) is 16.9. The standard InChI is InChI=1S/C17H29N5O/c1-4-17(5-2,13-18)16(23)21(3)14-8-7-11-22(12-14)15-9-6-10-19-20-15/h6,9-10,14H,4-5,7-8,11-13,18H2,1-3H3. The molecule has 1 amide bonds. The minimum Gasteiger partial charge on any atom is -0.353 e. The molecule has 1 unspecified atom stereocenters. The third-order valence-corrected chi connectivity index (χ3v) is 5.34. The first kappa shape index (κ1) is 17.7. The first-order valence-corrected chi connectivity index (χ1v) is 8.58. The summed E-state index contributed by atoms with van der Waals surface area (Å²) in [6, 6.07) is 4.07. The van der Waals surface area contributed by atoms with Crippen molar-refractivity contribution in [1.82, 2.24) is 15.1 Å². The topological polar surface area (TPSA) is 75.4 Å². The summed E-state index contributed by atoms with van der Waals surface area (Å²) < 4.78 is 0. The lowest BCUT2D eigenvalue weighted by atomic mass is 9.80. The van der Waals surface area contributed by atoms with Crippen molar-refractivity contribution in [2.45, 2.75) is 45.6 Å². The van der Waals surface area contributed by atoms with Crippen molar-refractivity contribution in [1.29, 1.82) is 0 Å². The third kappa shape index (κ3) is 3.63. The summed E-state index contributed by atoms with van der Waals surface area (Å²) in [6.07, 6.45) is 5.31. The summed E-state index contributed by atoms with van der Waals surface area (Å²) in [7, 11) is 1.92. The molecule has 0 bridgehead atoms.